The maximum atomic E-state index is 10.9. The molecule has 0 amide bonds. The summed E-state index contributed by atoms with van der Waals surface area (Å²) >= 11 is 0. The number of anilines is 1. The fraction of sp³-hybridized carbons (Fsp3) is 0.0952. The lowest BCUT2D eigenvalue weighted by atomic mass is 9.99. The summed E-state index contributed by atoms with van der Waals surface area (Å²) in [7, 11) is 0. The Labute approximate surface area is 156 Å². The van der Waals surface area contributed by atoms with E-state index in [1.165, 1.54) is 12.1 Å². The van der Waals surface area contributed by atoms with Gasteiger partial charge in [-0.2, -0.15) is 0 Å². The van der Waals surface area contributed by atoms with Gasteiger partial charge in [0.15, 0.2) is 0 Å². The molecule has 0 fully saturated rings. The zero-order chi connectivity index (χ0) is 18.8. The molecular weight excluding hydrogens is 340 g/mol. The van der Waals surface area contributed by atoms with E-state index in [0.29, 0.717) is 0 Å². The van der Waals surface area contributed by atoms with Crippen molar-refractivity contribution in [2.75, 3.05) is 5.32 Å². The second-order valence-electron chi connectivity index (χ2n) is 6.35. The molecular formula is C21H18N4O2. The summed E-state index contributed by atoms with van der Waals surface area (Å²) in [5.41, 5.74) is 4.98. The Kier molecular flexibility index (Phi) is 4.30. The molecule has 1 unspecified atom stereocenters. The van der Waals surface area contributed by atoms with Crippen molar-refractivity contribution in [1.29, 1.82) is 0 Å². The zero-order valence-electron chi connectivity index (χ0n) is 14.7. The van der Waals surface area contributed by atoms with Crippen molar-refractivity contribution >= 4 is 22.3 Å². The number of nitro benzene ring substituents is 1. The number of aromatic amines is 1. The first-order valence-corrected chi connectivity index (χ1v) is 8.62. The SMILES string of the molecule is Cc1[nH]c2ccccc2c1C(Nc1ccc([N+](=O)[O-])cc1)c1ccccn1. The molecule has 4 rings (SSSR count). The summed E-state index contributed by atoms with van der Waals surface area (Å²) in [6, 6.07) is 20.2. The van der Waals surface area contributed by atoms with Gasteiger partial charge in [-0.25, -0.2) is 0 Å². The van der Waals surface area contributed by atoms with Gasteiger partial charge in [0.05, 0.1) is 16.7 Å². The van der Waals surface area contributed by atoms with Crippen molar-refractivity contribution < 1.29 is 4.92 Å². The number of benzene rings is 2. The van der Waals surface area contributed by atoms with E-state index in [9.17, 15) is 10.1 Å². The lowest BCUT2D eigenvalue weighted by molar-refractivity contribution is -0.384. The normalized spacial score (nSPS) is 12.0. The molecule has 2 N–H and O–H groups in total. The number of para-hydroxylation sites is 1. The quantitative estimate of drug-likeness (QED) is 0.389. The summed E-state index contributed by atoms with van der Waals surface area (Å²) in [5, 5.41) is 15.5. The molecule has 27 heavy (non-hydrogen) atoms. The summed E-state index contributed by atoms with van der Waals surface area (Å²) in [6.45, 7) is 2.04. The van der Waals surface area contributed by atoms with Crippen LogP contribution in [0.2, 0.25) is 0 Å². The van der Waals surface area contributed by atoms with E-state index in [1.54, 1.807) is 18.3 Å². The third-order valence-electron chi connectivity index (χ3n) is 4.60. The molecule has 2 aromatic carbocycles. The van der Waals surface area contributed by atoms with Crippen molar-refractivity contribution in [3.63, 3.8) is 0 Å². The van der Waals surface area contributed by atoms with Crippen LogP contribution in [0.5, 0.6) is 0 Å². The van der Waals surface area contributed by atoms with E-state index in [4.69, 9.17) is 0 Å². The molecule has 4 aromatic rings. The number of aryl methyl sites for hydroxylation is 1. The van der Waals surface area contributed by atoms with Crippen LogP contribution in [-0.2, 0) is 0 Å². The maximum absolute atomic E-state index is 10.9. The molecule has 0 aliphatic rings. The Balaban J connectivity index is 1.80. The van der Waals surface area contributed by atoms with Crippen molar-refractivity contribution in [2.24, 2.45) is 0 Å². The van der Waals surface area contributed by atoms with Crippen LogP contribution in [0.3, 0.4) is 0 Å². The van der Waals surface area contributed by atoms with Gasteiger partial charge in [-0.15, -0.1) is 0 Å². The molecule has 6 heteroatoms. The second-order valence-corrected chi connectivity index (χ2v) is 6.35. The van der Waals surface area contributed by atoms with Gasteiger partial charge >= 0.3 is 0 Å². The predicted octanol–water partition coefficient (Wildman–Crippen LogP) is 4.98. The number of non-ortho nitro benzene ring substituents is 1. The molecule has 2 heterocycles. The van der Waals surface area contributed by atoms with E-state index in [2.05, 4.69) is 21.4 Å². The number of nitrogens with zero attached hydrogens (tertiary/aromatic N) is 2. The number of H-pyrrole nitrogens is 1. The zero-order valence-corrected chi connectivity index (χ0v) is 14.7. The number of fused-ring (bicyclic) bond motifs is 1. The highest BCUT2D eigenvalue weighted by molar-refractivity contribution is 5.86. The van der Waals surface area contributed by atoms with E-state index in [1.807, 2.05) is 43.3 Å². The molecule has 0 aliphatic heterocycles. The summed E-state index contributed by atoms with van der Waals surface area (Å²) in [6.07, 6.45) is 1.77. The van der Waals surface area contributed by atoms with Gasteiger partial charge in [-0.3, -0.25) is 15.1 Å². The number of nitrogens with one attached hydrogen (secondary N) is 2. The van der Waals surface area contributed by atoms with Crippen LogP contribution in [0, 0.1) is 17.0 Å². The van der Waals surface area contributed by atoms with E-state index >= 15 is 0 Å². The minimum Gasteiger partial charge on any atom is -0.373 e. The highest BCUT2D eigenvalue weighted by Gasteiger charge is 2.22. The molecule has 0 radical (unpaired) electrons. The Hall–Kier alpha value is -3.67. The smallest absolute Gasteiger partial charge is 0.269 e. The van der Waals surface area contributed by atoms with Crippen LogP contribution in [0.25, 0.3) is 10.9 Å². The molecule has 0 aliphatic carbocycles. The average molecular weight is 358 g/mol. The van der Waals surface area contributed by atoms with Gasteiger partial charge in [0.25, 0.3) is 5.69 Å². The fourth-order valence-electron chi connectivity index (χ4n) is 3.36. The topological polar surface area (TPSA) is 83.8 Å². The fourth-order valence-corrected chi connectivity index (χ4v) is 3.36. The van der Waals surface area contributed by atoms with Gasteiger partial charge in [0.1, 0.15) is 0 Å². The molecule has 2 aromatic heterocycles. The number of pyridine rings is 1. The summed E-state index contributed by atoms with van der Waals surface area (Å²) in [4.78, 5) is 18.5. The molecule has 1 atom stereocenters. The van der Waals surface area contributed by atoms with Crippen LogP contribution in [0.1, 0.15) is 23.0 Å². The van der Waals surface area contributed by atoms with Crippen molar-refractivity contribution in [1.82, 2.24) is 9.97 Å². The molecule has 134 valence electrons. The standard InChI is InChI=1S/C21H18N4O2/c1-14-20(17-6-2-3-7-18(17)23-14)21(19-8-4-5-13-22-19)24-15-9-11-16(12-10-15)25(26)27/h2-13,21,23-24H,1H3. The highest BCUT2D eigenvalue weighted by Crippen LogP contribution is 2.34. The molecule has 0 bridgehead atoms. The maximum Gasteiger partial charge on any atom is 0.269 e. The molecule has 6 nitrogen and oxygen atoms in total. The van der Waals surface area contributed by atoms with Crippen LogP contribution >= 0.6 is 0 Å². The summed E-state index contributed by atoms with van der Waals surface area (Å²) in [5.74, 6) is 0. The Morgan fingerprint density at radius 3 is 2.48 bits per heavy atom. The van der Waals surface area contributed by atoms with E-state index in [0.717, 1.165) is 33.5 Å². The Bertz CT molecular complexity index is 1090. The van der Waals surface area contributed by atoms with Gasteiger partial charge in [0.2, 0.25) is 0 Å². The van der Waals surface area contributed by atoms with Crippen molar-refractivity contribution in [3.05, 3.63) is 100.0 Å². The molecule has 0 saturated heterocycles. The van der Waals surface area contributed by atoms with Gasteiger partial charge in [-0.05, 0) is 37.3 Å². The van der Waals surface area contributed by atoms with Crippen LogP contribution < -0.4 is 5.32 Å². The monoisotopic (exact) mass is 358 g/mol. The lowest BCUT2D eigenvalue weighted by Crippen LogP contribution is -2.14. The highest BCUT2D eigenvalue weighted by atomic mass is 16.6. The predicted molar refractivity (Wildman–Crippen MR) is 106 cm³/mol. The van der Waals surface area contributed by atoms with E-state index in [-0.39, 0.29) is 11.7 Å². The Morgan fingerprint density at radius 2 is 1.78 bits per heavy atom. The molecule has 0 spiro atoms. The first kappa shape index (κ1) is 16.8. The van der Waals surface area contributed by atoms with Crippen molar-refractivity contribution in [3.8, 4) is 0 Å². The molecule has 0 saturated carbocycles. The third-order valence-corrected chi connectivity index (χ3v) is 4.60. The van der Waals surface area contributed by atoms with Crippen LogP contribution in [0.4, 0.5) is 11.4 Å². The van der Waals surface area contributed by atoms with Gasteiger partial charge in [-0.1, -0.05) is 24.3 Å². The number of aromatic nitrogens is 2. The Morgan fingerprint density at radius 1 is 1.04 bits per heavy atom. The first-order chi connectivity index (χ1) is 13.1. The number of nitro groups is 1. The number of hydrogen-bond acceptors (Lipinski definition) is 4. The number of hydrogen-bond donors (Lipinski definition) is 2. The summed E-state index contributed by atoms with van der Waals surface area (Å²) < 4.78 is 0. The number of rotatable bonds is 5. The van der Waals surface area contributed by atoms with Crippen LogP contribution in [0.15, 0.2) is 72.9 Å². The minimum absolute atomic E-state index is 0.0678. The van der Waals surface area contributed by atoms with Crippen molar-refractivity contribution in [2.45, 2.75) is 13.0 Å². The minimum atomic E-state index is -0.399. The first-order valence-electron chi connectivity index (χ1n) is 8.62. The van der Waals surface area contributed by atoms with E-state index < -0.39 is 4.92 Å². The van der Waals surface area contributed by atoms with Gasteiger partial charge in [0, 0.05) is 46.2 Å². The lowest BCUT2D eigenvalue weighted by Gasteiger charge is -2.20. The largest absolute Gasteiger partial charge is 0.373 e. The average Bonchev–Trinajstić information content (AvgIpc) is 3.03. The van der Waals surface area contributed by atoms with Gasteiger partial charge < -0.3 is 10.3 Å². The second kappa shape index (κ2) is 6.92. The van der Waals surface area contributed by atoms with Crippen LogP contribution in [-0.4, -0.2) is 14.9 Å². The third kappa shape index (κ3) is 3.25.